The van der Waals surface area contributed by atoms with Crippen molar-refractivity contribution in [2.75, 3.05) is 6.54 Å². The number of halogens is 1. The van der Waals surface area contributed by atoms with Crippen LogP contribution >= 0.6 is 11.6 Å². The SMILES string of the molecule is CC(NCC(O)C(C)C)c1ccnc(Cl)c1. The fourth-order valence-corrected chi connectivity index (χ4v) is 1.52. The Labute approximate surface area is 102 Å². The van der Waals surface area contributed by atoms with Crippen LogP contribution in [0.5, 0.6) is 0 Å². The van der Waals surface area contributed by atoms with E-state index in [1.807, 2.05) is 32.9 Å². The fourth-order valence-electron chi connectivity index (χ4n) is 1.34. The first kappa shape index (κ1) is 13.4. The first-order chi connectivity index (χ1) is 7.50. The van der Waals surface area contributed by atoms with Gasteiger partial charge in [-0.05, 0) is 30.5 Å². The van der Waals surface area contributed by atoms with Crippen LogP contribution < -0.4 is 5.32 Å². The largest absolute Gasteiger partial charge is 0.392 e. The molecule has 2 N–H and O–H groups in total. The van der Waals surface area contributed by atoms with E-state index in [0.717, 1.165) is 5.56 Å². The Morgan fingerprint density at radius 2 is 2.12 bits per heavy atom. The molecule has 2 atom stereocenters. The van der Waals surface area contributed by atoms with Gasteiger partial charge in [-0.1, -0.05) is 25.4 Å². The van der Waals surface area contributed by atoms with E-state index in [4.69, 9.17) is 11.6 Å². The average Bonchev–Trinajstić information content (AvgIpc) is 2.25. The van der Waals surface area contributed by atoms with E-state index < -0.39 is 0 Å². The second-order valence-electron chi connectivity index (χ2n) is 4.35. The Morgan fingerprint density at radius 1 is 1.44 bits per heavy atom. The number of pyridine rings is 1. The zero-order chi connectivity index (χ0) is 12.1. The molecule has 4 heteroatoms. The van der Waals surface area contributed by atoms with Crippen molar-refractivity contribution in [3.8, 4) is 0 Å². The molecule has 0 saturated carbocycles. The molecule has 0 bridgehead atoms. The van der Waals surface area contributed by atoms with Gasteiger partial charge in [0.1, 0.15) is 5.15 Å². The minimum Gasteiger partial charge on any atom is -0.392 e. The molecule has 0 saturated heterocycles. The summed E-state index contributed by atoms with van der Waals surface area (Å²) in [7, 11) is 0. The summed E-state index contributed by atoms with van der Waals surface area (Å²) >= 11 is 5.81. The third-order valence-corrected chi connectivity index (χ3v) is 2.86. The molecule has 3 nitrogen and oxygen atoms in total. The van der Waals surface area contributed by atoms with Gasteiger partial charge in [-0.3, -0.25) is 0 Å². The van der Waals surface area contributed by atoms with Gasteiger partial charge in [0, 0.05) is 18.8 Å². The monoisotopic (exact) mass is 242 g/mol. The molecule has 0 fully saturated rings. The molecule has 1 aromatic heterocycles. The summed E-state index contributed by atoms with van der Waals surface area (Å²) in [4.78, 5) is 3.93. The Bertz CT molecular complexity index is 331. The highest BCUT2D eigenvalue weighted by Crippen LogP contribution is 2.15. The molecule has 0 amide bonds. The summed E-state index contributed by atoms with van der Waals surface area (Å²) in [5.41, 5.74) is 1.08. The number of aliphatic hydroxyl groups is 1. The molecule has 1 heterocycles. The summed E-state index contributed by atoms with van der Waals surface area (Å²) in [5.74, 6) is 0.265. The molecule has 0 aliphatic heterocycles. The zero-order valence-corrected chi connectivity index (χ0v) is 10.7. The topological polar surface area (TPSA) is 45.1 Å². The molecule has 0 radical (unpaired) electrons. The lowest BCUT2D eigenvalue weighted by molar-refractivity contribution is 0.120. The third kappa shape index (κ3) is 4.08. The van der Waals surface area contributed by atoms with E-state index in [9.17, 15) is 5.11 Å². The van der Waals surface area contributed by atoms with Gasteiger partial charge < -0.3 is 10.4 Å². The van der Waals surface area contributed by atoms with Crippen molar-refractivity contribution in [3.05, 3.63) is 29.0 Å². The maximum atomic E-state index is 9.68. The molecule has 2 unspecified atom stereocenters. The zero-order valence-electron chi connectivity index (χ0n) is 9.94. The summed E-state index contributed by atoms with van der Waals surface area (Å²) < 4.78 is 0. The van der Waals surface area contributed by atoms with Gasteiger partial charge in [0.2, 0.25) is 0 Å². The van der Waals surface area contributed by atoms with E-state index in [1.54, 1.807) is 6.20 Å². The summed E-state index contributed by atoms with van der Waals surface area (Å²) in [6.45, 7) is 6.62. The highest BCUT2D eigenvalue weighted by Gasteiger charge is 2.11. The Hall–Kier alpha value is -0.640. The van der Waals surface area contributed by atoms with Crippen LogP contribution in [-0.2, 0) is 0 Å². The second kappa shape index (κ2) is 6.18. The van der Waals surface area contributed by atoms with E-state index in [-0.39, 0.29) is 18.1 Å². The lowest BCUT2D eigenvalue weighted by atomic mass is 10.1. The van der Waals surface area contributed by atoms with Crippen molar-refractivity contribution in [3.63, 3.8) is 0 Å². The third-order valence-electron chi connectivity index (χ3n) is 2.65. The number of aromatic nitrogens is 1. The summed E-state index contributed by atoms with van der Waals surface area (Å²) in [5, 5.41) is 13.4. The van der Waals surface area contributed by atoms with Gasteiger partial charge in [-0.2, -0.15) is 0 Å². The maximum absolute atomic E-state index is 9.68. The van der Waals surface area contributed by atoms with Crippen LogP contribution in [0.1, 0.15) is 32.4 Å². The lowest BCUT2D eigenvalue weighted by Gasteiger charge is -2.19. The van der Waals surface area contributed by atoms with Crippen LogP contribution in [0, 0.1) is 5.92 Å². The van der Waals surface area contributed by atoms with Crippen LogP contribution in [0.3, 0.4) is 0 Å². The number of nitrogens with zero attached hydrogens (tertiary/aromatic N) is 1. The predicted octanol–water partition coefficient (Wildman–Crippen LogP) is 2.40. The number of rotatable bonds is 5. The Balaban J connectivity index is 2.49. The Morgan fingerprint density at radius 3 is 2.69 bits per heavy atom. The van der Waals surface area contributed by atoms with Crippen LogP contribution in [0.2, 0.25) is 5.15 Å². The van der Waals surface area contributed by atoms with Gasteiger partial charge in [0.15, 0.2) is 0 Å². The van der Waals surface area contributed by atoms with Crippen molar-refractivity contribution < 1.29 is 5.11 Å². The molecule has 1 aromatic rings. The minimum atomic E-state index is -0.320. The molecular weight excluding hydrogens is 224 g/mol. The fraction of sp³-hybridized carbons (Fsp3) is 0.583. The first-order valence-electron chi connectivity index (χ1n) is 5.53. The van der Waals surface area contributed by atoms with E-state index in [2.05, 4.69) is 10.3 Å². The summed E-state index contributed by atoms with van der Waals surface area (Å²) in [6, 6.07) is 3.92. The number of nitrogens with one attached hydrogen (secondary N) is 1. The molecular formula is C12H19ClN2O. The molecule has 0 aliphatic carbocycles. The highest BCUT2D eigenvalue weighted by molar-refractivity contribution is 6.29. The lowest BCUT2D eigenvalue weighted by Crippen LogP contribution is -2.32. The van der Waals surface area contributed by atoms with Crippen LogP contribution in [-0.4, -0.2) is 22.7 Å². The van der Waals surface area contributed by atoms with Gasteiger partial charge >= 0.3 is 0 Å². The van der Waals surface area contributed by atoms with Gasteiger partial charge in [-0.15, -0.1) is 0 Å². The van der Waals surface area contributed by atoms with Crippen molar-refractivity contribution in [1.29, 1.82) is 0 Å². The molecule has 90 valence electrons. The molecule has 0 aliphatic rings. The van der Waals surface area contributed by atoms with Gasteiger partial charge in [-0.25, -0.2) is 4.98 Å². The van der Waals surface area contributed by atoms with Crippen LogP contribution in [0.4, 0.5) is 0 Å². The average molecular weight is 243 g/mol. The van der Waals surface area contributed by atoms with E-state index in [0.29, 0.717) is 11.7 Å². The number of aliphatic hydroxyl groups excluding tert-OH is 1. The van der Waals surface area contributed by atoms with Gasteiger partial charge in [0.25, 0.3) is 0 Å². The first-order valence-corrected chi connectivity index (χ1v) is 5.91. The number of hydrogen-bond acceptors (Lipinski definition) is 3. The highest BCUT2D eigenvalue weighted by atomic mass is 35.5. The van der Waals surface area contributed by atoms with E-state index in [1.165, 1.54) is 0 Å². The molecule has 0 spiro atoms. The van der Waals surface area contributed by atoms with Gasteiger partial charge in [0.05, 0.1) is 6.10 Å². The van der Waals surface area contributed by atoms with Crippen molar-refractivity contribution in [2.45, 2.75) is 32.9 Å². The minimum absolute atomic E-state index is 0.161. The van der Waals surface area contributed by atoms with Crippen molar-refractivity contribution >= 4 is 11.6 Å². The van der Waals surface area contributed by atoms with Crippen LogP contribution in [0.15, 0.2) is 18.3 Å². The maximum Gasteiger partial charge on any atom is 0.129 e. The molecule has 16 heavy (non-hydrogen) atoms. The normalized spacial score (nSPS) is 15.1. The van der Waals surface area contributed by atoms with E-state index >= 15 is 0 Å². The number of hydrogen-bond donors (Lipinski definition) is 2. The van der Waals surface area contributed by atoms with Crippen molar-refractivity contribution in [1.82, 2.24) is 10.3 Å². The Kier molecular flexibility index (Phi) is 5.19. The predicted molar refractivity (Wildman–Crippen MR) is 66.5 cm³/mol. The summed E-state index contributed by atoms with van der Waals surface area (Å²) in [6.07, 6.45) is 1.37. The standard InChI is InChI=1S/C12H19ClN2O/c1-8(2)11(16)7-15-9(3)10-4-5-14-12(13)6-10/h4-6,8-9,11,15-16H,7H2,1-3H3. The smallest absolute Gasteiger partial charge is 0.129 e. The second-order valence-corrected chi connectivity index (χ2v) is 4.74. The molecule has 1 rings (SSSR count). The van der Waals surface area contributed by atoms with Crippen LogP contribution in [0.25, 0.3) is 0 Å². The quantitative estimate of drug-likeness (QED) is 0.780. The molecule has 0 aromatic carbocycles. The van der Waals surface area contributed by atoms with Crippen molar-refractivity contribution in [2.24, 2.45) is 5.92 Å².